The van der Waals surface area contributed by atoms with Gasteiger partial charge < -0.3 is 14.2 Å². The molecule has 6 heteroatoms. The Kier molecular flexibility index (Phi) is 4.94. The Morgan fingerprint density at radius 1 is 1.33 bits per heavy atom. The third-order valence-corrected chi connectivity index (χ3v) is 5.60. The number of ether oxygens (including phenoxy) is 1. The second-order valence-electron chi connectivity index (χ2n) is 6.37. The smallest absolute Gasteiger partial charge is 0.355 e. The molecule has 0 radical (unpaired) electrons. The molecule has 0 aromatic carbocycles. The van der Waals surface area contributed by atoms with Crippen molar-refractivity contribution in [3.63, 3.8) is 0 Å². The number of esters is 1. The maximum Gasteiger partial charge on any atom is 0.355 e. The number of piperidine rings is 1. The number of likely N-dealkylation sites (tertiary alicyclic amines) is 1. The van der Waals surface area contributed by atoms with Gasteiger partial charge in [-0.05, 0) is 52.2 Å². The van der Waals surface area contributed by atoms with Gasteiger partial charge in [0.25, 0.3) is 0 Å². The average molecular weight is 348 g/mol. The summed E-state index contributed by atoms with van der Waals surface area (Å²) >= 11 is 1.63. The van der Waals surface area contributed by atoms with Crippen LogP contribution in [0.3, 0.4) is 0 Å². The van der Waals surface area contributed by atoms with Crippen LogP contribution in [0.5, 0.6) is 0 Å². The molecule has 0 unspecified atom stereocenters. The van der Waals surface area contributed by atoms with E-state index in [1.165, 1.54) is 11.3 Å². The molecule has 130 valence electrons. The number of carbonyl (C=O) groups excluding carboxylic acids is 2. The van der Waals surface area contributed by atoms with Gasteiger partial charge in [-0.25, -0.2) is 4.79 Å². The average Bonchev–Trinajstić information content (AvgIpc) is 3.05. The lowest BCUT2D eigenvalue weighted by Crippen LogP contribution is -2.43. The fourth-order valence-corrected chi connectivity index (χ4v) is 4.37. The summed E-state index contributed by atoms with van der Waals surface area (Å²) in [5, 5.41) is 0. The number of carbonyl (C=O) groups is 2. The third kappa shape index (κ3) is 3.20. The Morgan fingerprint density at radius 3 is 2.83 bits per heavy atom. The van der Waals surface area contributed by atoms with Crippen LogP contribution in [0.15, 0.2) is 12.1 Å². The second-order valence-corrected chi connectivity index (χ2v) is 7.66. The lowest BCUT2D eigenvalue weighted by Gasteiger charge is -2.33. The predicted octanol–water partition coefficient (Wildman–Crippen LogP) is 3.59. The van der Waals surface area contributed by atoms with E-state index in [0.717, 1.165) is 29.6 Å². The quantitative estimate of drug-likeness (QED) is 0.794. The van der Waals surface area contributed by atoms with Gasteiger partial charge in [0.15, 0.2) is 0 Å². The SMILES string of the molecule is CCOC(=O)c1cc2sc(C)cc2n1CC(=O)N1CCCC[C@@H]1C. The molecule has 1 atom stereocenters. The van der Waals surface area contributed by atoms with Gasteiger partial charge in [0.2, 0.25) is 5.91 Å². The minimum atomic E-state index is -0.363. The monoisotopic (exact) mass is 348 g/mol. The molecule has 0 bridgehead atoms. The fourth-order valence-electron chi connectivity index (χ4n) is 3.40. The van der Waals surface area contributed by atoms with Gasteiger partial charge in [0, 0.05) is 17.5 Å². The van der Waals surface area contributed by atoms with Crippen LogP contribution in [0, 0.1) is 6.92 Å². The first-order chi connectivity index (χ1) is 11.5. The highest BCUT2D eigenvalue weighted by molar-refractivity contribution is 7.19. The number of nitrogens with zero attached hydrogens (tertiary/aromatic N) is 2. The minimum absolute atomic E-state index is 0.0779. The van der Waals surface area contributed by atoms with Crippen LogP contribution in [-0.4, -0.2) is 40.5 Å². The van der Waals surface area contributed by atoms with Gasteiger partial charge >= 0.3 is 5.97 Å². The molecule has 2 aromatic rings. The van der Waals surface area contributed by atoms with Gasteiger partial charge in [-0.1, -0.05) is 0 Å². The van der Waals surface area contributed by atoms with Crippen LogP contribution in [0.4, 0.5) is 0 Å². The normalized spacial score (nSPS) is 18.1. The van der Waals surface area contributed by atoms with E-state index in [4.69, 9.17) is 4.74 Å². The van der Waals surface area contributed by atoms with E-state index in [1.54, 1.807) is 18.3 Å². The summed E-state index contributed by atoms with van der Waals surface area (Å²) in [6.45, 7) is 7.25. The van der Waals surface area contributed by atoms with Crippen LogP contribution in [0.2, 0.25) is 0 Å². The summed E-state index contributed by atoms with van der Waals surface area (Å²) in [4.78, 5) is 28.2. The van der Waals surface area contributed by atoms with E-state index >= 15 is 0 Å². The summed E-state index contributed by atoms with van der Waals surface area (Å²) in [6, 6.07) is 4.15. The number of aryl methyl sites for hydroxylation is 1. The first-order valence-electron chi connectivity index (χ1n) is 8.57. The minimum Gasteiger partial charge on any atom is -0.461 e. The van der Waals surface area contributed by atoms with E-state index < -0.39 is 0 Å². The van der Waals surface area contributed by atoms with E-state index in [0.29, 0.717) is 12.3 Å². The Hall–Kier alpha value is -1.82. The molecule has 0 spiro atoms. The largest absolute Gasteiger partial charge is 0.461 e. The maximum atomic E-state index is 12.8. The van der Waals surface area contributed by atoms with Crippen LogP contribution in [0.25, 0.3) is 10.2 Å². The molecule has 0 saturated carbocycles. The molecule has 1 fully saturated rings. The first-order valence-corrected chi connectivity index (χ1v) is 9.39. The Morgan fingerprint density at radius 2 is 2.12 bits per heavy atom. The molecule has 1 amide bonds. The van der Waals surface area contributed by atoms with Gasteiger partial charge in [-0.2, -0.15) is 0 Å². The number of amides is 1. The van der Waals surface area contributed by atoms with Crippen molar-refractivity contribution in [3.8, 4) is 0 Å². The number of rotatable bonds is 4. The molecular formula is C18H24N2O3S. The summed E-state index contributed by atoms with van der Waals surface area (Å²) < 4.78 is 8.01. The van der Waals surface area contributed by atoms with Gasteiger partial charge in [0.05, 0.1) is 16.8 Å². The molecular weight excluding hydrogens is 324 g/mol. The van der Waals surface area contributed by atoms with Crippen molar-refractivity contribution >= 4 is 33.4 Å². The lowest BCUT2D eigenvalue weighted by atomic mass is 10.0. The second kappa shape index (κ2) is 6.97. The van der Waals surface area contributed by atoms with E-state index in [1.807, 2.05) is 28.5 Å². The van der Waals surface area contributed by atoms with Crippen LogP contribution < -0.4 is 0 Å². The Labute approximate surface area is 146 Å². The van der Waals surface area contributed by atoms with Gasteiger partial charge in [0.1, 0.15) is 12.2 Å². The van der Waals surface area contributed by atoms with Crippen molar-refractivity contribution in [2.75, 3.05) is 13.2 Å². The van der Waals surface area contributed by atoms with Crippen molar-refractivity contribution in [2.45, 2.75) is 52.6 Å². The highest BCUT2D eigenvalue weighted by atomic mass is 32.1. The number of hydrogen-bond donors (Lipinski definition) is 0. The summed E-state index contributed by atoms with van der Waals surface area (Å²) in [5.41, 5.74) is 1.41. The zero-order valence-electron chi connectivity index (χ0n) is 14.5. The van der Waals surface area contributed by atoms with Crippen molar-refractivity contribution in [3.05, 3.63) is 22.7 Å². The molecule has 1 aliphatic heterocycles. The van der Waals surface area contributed by atoms with Crippen molar-refractivity contribution in [2.24, 2.45) is 0 Å². The fraction of sp³-hybridized carbons (Fsp3) is 0.556. The van der Waals surface area contributed by atoms with Crippen molar-refractivity contribution in [1.29, 1.82) is 0 Å². The van der Waals surface area contributed by atoms with Gasteiger partial charge in [-0.3, -0.25) is 4.79 Å². The maximum absolute atomic E-state index is 12.8. The molecule has 0 N–H and O–H groups in total. The van der Waals surface area contributed by atoms with Crippen LogP contribution >= 0.6 is 11.3 Å². The molecule has 3 heterocycles. The molecule has 2 aromatic heterocycles. The summed E-state index contributed by atoms with van der Waals surface area (Å²) in [7, 11) is 0. The number of aromatic nitrogens is 1. The van der Waals surface area contributed by atoms with E-state index in [9.17, 15) is 9.59 Å². The number of hydrogen-bond acceptors (Lipinski definition) is 4. The summed E-state index contributed by atoms with van der Waals surface area (Å²) in [6.07, 6.45) is 3.28. The molecule has 1 aliphatic rings. The van der Waals surface area contributed by atoms with E-state index in [2.05, 4.69) is 6.92 Å². The number of fused-ring (bicyclic) bond motifs is 1. The Bertz CT molecular complexity index is 762. The Balaban J connectivity index is 1.92. The molecule has 1 saturated heterocycles. The summed E-state index contributed by atoms with van der Waals surface area (Å²) in [5.74, 6) is -0.285. The van der Waals surface area contributed by atoms with Crippen LogP contribution in [0.1, 0.15) is 48.5 Å². The number of thiophene rings is 1. The predicted molar refractivity (Wildman–Crippen MR) is 95.5 cm³/mol. The molecule has 24 heavy (non-hydrogen) atoms. The highest BCUT2D eigenvalue weighted by Crippen LogP contribution is 2.29. The third-order valence-electron chi connectivity index (χ3n) is 4.61. The molecule has 5 nitrogen and oxygen atoms in total. The first kappa shape index (κ1) is 17.0. The van der Waals surface area contributed by atoms with E-state index in [-0.39, 0.29) is 24.5 Å². The van der Waals surface area contributed by atoms with Crippen molar-refractivity contribution in [1.82, 2.24) is 9.47 Å². The topological polar surface area (TPSA) is 51.5 Å². The standard InChI is InChI=1S/C18H24N2O3S/c1-4-23-18(22)15-10-16-14(9-13(3)24-16)20(15)11-17(21)19-8-6-5-7-12(19)2/h9-10,12H,4-8,11H2,1-3H3/t12-/m0/s1. The zero-order chi connectivity index (χ0) is 17.3. The highest BCUT2D eigenvalue weighted by Gasteiger charge is 2.26. The van der Waals surface area contributed by atoms with Gasteiger partial charge in [-0.15, -0.1) is 11.3 Å². The lowest BCUT2D eigenvalue weighted by molar-refractivity contribution is -0.135. The zero-order valence-corrected chi connectivity index (χ0v) is 15.3. The molecule has 3 rings (SSSR count). The molecule has 0 aliphatic carbocycles. The van der Waals surface area contributed by atoms with Crippen molar-refractivity contribution < 1.29 is 14.3 Å². The van der Waals surface area contributed by atoms with Crippen LogP contribution in [-0.2, 0) is 16.1 Å².